The van der Waals surface area contributed by atoms with Crippen LogP contribution < -0.4 is 5.32 Å². The van der Waals surface area contributed by atoms with Crippen LogP contribution in [-0.2, 0) is 17.8 Å². The second kappa shape index (κ2) is 9.08. The van der Waals surface area contributed by atoms with Gasteiger partial charge in [-0.25, -0.2) is 0 Å². The van der Waals surface area contributed by atoms with Crippen molar-refractivity contribution in [1.82, 2.24) is 34.7 Å². The van der Waals surface area contributed by atoms with E-state index in [4.69, 9.17) is 0 Å². The molecule has 0 saturated heterocycles. The number of nitrogens with zero attached hydrogens (tertiary/aromatic N) is 6. The lowest BCUT2D eigenvalue weighted by atomic mass is 10.1. The molecule has 0 aliphatic carbocycles. The molecule has 30 heavy (non-hydrogen) atoms. The number of nitrogens with one attached hydrogen (secondary N) is 1. The predicted molar refractivity (Wildman–Crippen MR) is 116 cm³/mol. The standard InChI is InChI=1S/C21H23N7OS/c1-3-27-20(16-8-6-7-15(2)13-16)25-26-21(27)30-14-19(29)22-11-10-18-24-23-17-9-4-5-12-28(17)18/h4-9,12-13H,3,10-11,14H2,1-2H3,(H,22,29). The molecule has 0 atom stereocenters. The van der Waals surface area contributed by atoms with Crippen LogP contribution in [0.4, 0.5) is 0 Å². The number of pyridine rings is 1. The molecule has 4 aromatic rings. The Bertz CT molecular complexity index is 1170. The Morgan fingerprint density at radius 3 is 2.83 bits per heavy atom. The number of carbonyl (C=O) groups is 1. The molecule has 1 aromatic carbocycles. The third-order valence-electron chi connectivity index (χ3n) is 4.70. The zero-order valence-corrected chi connectivity index (χ0v) is 17.8. The quantitative estimate of drug-likeness (QED) is 0.440. The van der Waals surface area contributed by atoms with Crippen LogP contribution in [-0.4, -0.2) is 47.6 Å². The number of carbonyl (C=O) groups excluding carboxylic acids is 1. The summed E-state index contributed by atoms with van der Waals surface area (Å²) in [5.74, 6) is 1.89. The lowest BCUT2D eigenvalue weighted by Crippen LogP contribution is -2.27. The smallest absolute Gasteiger partial charge is 0.230 e. The van der Waals surface area contributed by atoms with Gasteiger partial charge in [0.05, 0.1) is 5.75 Å². The van der Waals surface area contributed by atoms with Crippen molar-refractivity contribution in [2.45, 2.75) is 32.0 Å². The molecule has 1 N–H and O–H groups in total. The molecule has 0 saturated carbocycles. The van der Waals surface area contributed by atoms with Gasteiger partial charge in [-0.15, -0.1) is 20.4 Å². The number of amides is 1. The molecule has 8 nitrogen and oxygen atoms in total. The lowest BCUT2D eigenvalue weighted by molar-refractivity contribution is -0.118. The number of hydrogen-bond acceptors (Lipinski definition) is 6. The van der Waals surface area contributed by atoms with Gasteiger partial charge >= 0.3 is 0 Å². The number of benzene rings is 1. The maximum absolute atomic E-state index is 12.3. The van der Waals surface area contributed by atoms with Crippen molar-refractivity contribution in [2.24, 2.45) is 0 Å². The highest BCUT2D eigenvalue weighted by Gasteiger charge is 2.15. The molecule has 0 bridgehead atoms. The number of fused-ring (bicyclic) bond motifs is 1. The highest BCUT2D eigenvalue weighted by Crippen LogP contribution is 2.24. The fraction of sp³-hybridized carbons (Fsp3) is 0.286. The van der Waals surface area contributed by atoms with E-state index in [0.29, 0.717) is 13.0 Å². The minimum absolute atomic E-state index is 0.0448. The molecule has 154 valence electrons. The summed E-state index contributed by atoms with van der Waals surface area (Å²) in [4.78, 5) is 12.3. The van der Waals surface area contributed by atoms with Crippen molar-refractivity contribution in [2.75, 3.05) is 12.3 Å². The van der Waals surface area contributed by atoms with Gasteiger partial charge in [0.2, 0.25) is 5.91 Å². The first-order valence-electron chi connectivity index (χ1n) is 9.84. The summed E-state index contributed by atoms with van der Waals surface area (Å²) in [5, 5.41) is 20.6. The molecule has 4 rings (SSSR count). The maximum Gasteiger partial charge on any atom is 0.230 e. The van der Waals surface area contributed by atoms with Gasteiger partial charge in [0.1, 0.15) is 5.82 Å². The molecular weight excluding hydrogens is 398 g/mol. The van der Waals surface area contributed by atoms with Crippen LogP contribution in [0.1, 0.15) is 18.3 Å². The molecule has 0 aliphatic heterocycles. The van der Waals surface area contributed by atoms with Gasteiger partial charge in [0.25, 0.3) is 0 Å². The summed E-state index contributed by atoms with van der Waals surface area (Å²) in [6.07, 6.45) is 2.54. The molecule has 0 radical (unpaired) electrons. The van der Waals surface area contributed by atoms with Gasteiger partial charge in [-0.2, -0.15) is 0 Å². The fourth-order valence-electron chi connectivity index (χ4n) is 3.23. The van der Waals surface area contributed by atoms with E-state index in [-0.39, 0.29) is 11.7 Å². The van der Waals surface area contributed by atoms with Gasteiger partial charge in [-0.05, 0) is 32.0 Å². The highest BCUT2D eigenvalue weighted by atomic mass is 32.2. The Labute approximate surface area is 178 Å². The second-order valence-electron chi connectivity index (χ2n) is 6.85. The number of thioether (sulfide) groups is 1. The van der Waals surface area contributed by atoms with Gasteiger partial charge < -0.3 is 9.88 Å². The van der Waals surface area contributed by atoms with Crippen LogP contribution in [0.5, 0.6) is 0 Å². The van der Waals surface area contributed by atoms with E-state index in [2.05, 4.69) is 51.7 Å². The van der Waals surface area contributed by atoms with E-state index in [1.54, 1.807) is 0 Å². The van der Waals surface area contributed by atoms with Gasteiger partial charge in [0, 0.05) is 31.3 Å². The topological polar surface area (TPSA) is 90.0 Å². The van der Waals surface area contributed by atoms with Crippen molar-refractivity contribution >= 4 is 23.3 Å². The minimum Gasteiger partial charge on any atom is -0.355 e. The molecule has 3 aromatic heterocycles. The zero-order chi connectivity index (χ0) is 20.9. The van der Waals surface area contributed by atoms with Crippen molar-refractivity contribution in [3.8, 4) is 11.4 Å². The Hall–Kier alpha value is -3.20. The van der Waals surface area contributed by atoms with Crippen LogP contribution in [0.15, 0.2) is 53.8 Å². The zero-order valence-electron chi connectivity index (χ0n) is 16.9. The van der Waals surface area contributed by atoms with Crippen molar-refractivity contribution in [3.63, 3.8) is 0 Å². The Kier molecular flexibility index (Phi) is 6.08. The summed E-state index contributed by atoms with van der Waals surface area (Å²) in [5.41, 5.74) is 3.01. The number of aryl methyl sites for hydroxylation is 1. The van der Waals surface area contributed by atoms with Crippen molar-refractivity contribution < 1.29 is 4.79 Å². The SMILES string of the molecule is CCn1c(SCC(=O)NCCc2nnc3ccccn23)nnc1-c1cccc(C)c1. The number of aromatic nitrogens is 6. The average Bonchev–Trinajstić information content (AvgIpc) is 3.36. The summed E-state index contributed by atoms with van der Waals surface area (Å²) < 4.78 is 3.96. The molecular formula is C21H23N7OS. The largest absolute Gasteiger partial charge is 0.355 e. The molecule has 1 amide bonds. The van der Waals surface area contributed by atoms with Crippen LogP contribution in [0.3, 0.4) is 0 Å². The summed E-state index contributed by atoms with van der Waals surface area (Å²) in [7, 11) is 0. The molecule has 0 fully saturated rings. The molecule has 0 unspecified atom stereocenters. The molecule has 9 heteroatoms. The van der Waals surface area contributed by atoms with Crippen molar-refractivity contribution in [3.05, 3.63) is 60.0 Å². The molecule has 3 heterocycles. The monoisotopic (exact) mass is 421 g/mol. The summed E-state index contributed by atoms with van der Waals surface area (Å²) >= 11 is 1.39. The van der Waals surface area contributed by atoms with E-state index in [1.165, 1.54) is 17.3 Å². The lowest BCUT2D eigenvalue weighted by Gasteiger charge is -2.08. The third-order valence-corrected chi connectivity index (χ3v) is 5.66. The van der Waals surface area contributed by atoms with Gasteiger partial charge in [-0.3, -0.25) is 9.20 Å². The molecule has 0 spiro atoms. The van der Waals surface area contributed by atoms with Crippen LogP contribution in [0.25, 0.3) is 17.0 Å². The van der Waals surface area contributed by atoms with Crippen LogP contribution in [0.2, 0.25) is 0 Å². The Balaban J connectivity index is 1.33. The average molecular weight is 422 g/mol. The van der Waals surface area contributed by atoms with Crippen molar-refractivity contribution in [1.29, 1.82) is 0 Å². The summed E-state index contributed by atoms with van der Waals surface area (Å²) in [6, 6.07) is 13.9. The van der Waals surface area contributed by atoms with Gasteiger partial charge in [0.15, 0.2) is 16.6 Å². The predicted octanol–water partition coefficient (Wildman–Crippen LogP) is 2.77. The molecule has 0 aliphatic rings. The van der Waals surface area contributed by atoms with E-state index in [1.807, 2.05) is 45.5 Å². The maximum atomic E-state index is 12.3. The Morgan fingerprint density at radius 2 is 2.00 bits per heavy atom. The Morgan fingerprint density at radius 1 is 1.10 bits per heavy atom. The number of hydrogen-bond donors (Lipinski definition) is 1. The van der Waals surface area contributed by atoms with E-state index in [0.717, 1.165) is 34.6 Å². The third kappa shape index (κ3) is 4.35. The van der Waals surface area contributed by atoms with E-state index in [9.17, 15) is 4.79 Å². The van der Waals surface area contributed by atoms with E-state index >= 15 is 0 Å². The van der Waals surface area contributed by atoms with Crippen LogP contribution in [0, 0.1) is 6.92 Å². The second-order valence-corrected chi connectivity index (χ2v) is 7.80. The highest BCUT2D eigenvalue weighted by molar-refractivity contribution is 7.99. The number of rotatable bonds is 8. The fourth-order valence-corrected chi connectivity index (χ4v) is 4.07. The first-order chi connectivity index (χ1) is 14.7. The first kappa shape index (κ1) is 20.1. The van der Waals surface area contributed by atoms with Crippen LogP contribution >= 0.6 is 11.8 Å². The normalized spacial score (nSPS) is 11.1. The summed E-state index contributed by atoms with van der Waals surface area (Å²) in [6.45, 7) is 5.35. The van der Waals surface area contributed by atoms with Gasteiger partial charge in [-0.1, -0.05) is 41.6 Å². The van der Waals surface area contributed by atoms with E-state index < -0.39 is 0 Å². The minimum atomic E-state index is -0.0448. The first-order valence-corrected chi connectivity index (χ1v) is 10.8.